The van der Waals surface area contributed by atoms with Gasteiger partial charge < -0.3 is 9.47 Å². The molecule has 3 atom stereocenters. The first-order valence-electron chi connectivity index (χ1n) is 6.71. The average molecular weight is 222 g/mol. The molecule has 2 nitrogen and oxygen atoms in total. The van der Waals surface area contributed by atoms with Gasteiger partial charge in [0.1, 0.15) is 0 Å². The van der Waals surface area contributed by atoms with E-state index in [2.05, 4.69) is 6.92 Å². The highest BCUT2D eigenvalue weighted by molar-refractivity contribution is 5.03. The van der Waals surface area contributed by atoms with E-state index in [1.807, 2.05) is 6.26 Å². The van der Waals surface area contributed by atoms with Gasteiger partial charge in [-0.2, -0.15) is 0 Å². The summed E-state index contributed by atoms with van der Waals surface area (Å²) in [7, 11) is 0. The van der Waals surface area contributed by atoms with Crippen LogP contribution in [0.25, 0.3) is 0 Å². The highest BCUT2D eigenvalue weighted by atomic mass is 16.5. The van der Waals surface area contributed by atoms with Crippen LogP contribution in [0.4, 0.5) is 0 Å². The lowest BCUT2D eigenvalue weighted by molar-refractivity contribution is 0.0315. The molecule has 0 N–H and O–H groups in total. The van der Waals surface area contributed by atoms with Crippen LogP contribution in [-0.2, 0) is 9.47 Å². The van der Waals surface area contributed by atoms with Crippen LogP contribution in [0, 0.1) is 5.41 Å². The smallest absolute Gasteiger partial charge is 0.0952 e. The lowest BCUT2D eigenvalue weighted by atomic mass is 9.76. The first kappa shape index (κ1) is 10.6. The summed E-state index contributed by atoms with van der Waals surface area (Å²) in [5.74, 6) is 0. The van der Waals surface area contributed by atoms with Crippen molar-refractivity contribution in [3.05, 3.63) is 11.8 Å². The molecular weight excluding hydrogens is 200 g/mol. The van der Waals surface area contributed by atoms with E-state index in [1.165, 1.54) is 50.5 Å². The van der Waals surface area contributed by atoms with Gasteiger partial charge in [0, 0.05) is 5.41 Å². The van der Waals surface area contributed by atoms with E-state index >= 15 is 0 Å². The zero-order valence-electron chi connectivity index (χ0n) is 10.2. The number of rotatable bonds is 3. The van der Waals surface area contributed by atoms with Crippen molar-refractivity contribution in [2.75, 3.05) is 6.61 Å². The molecule has 0 spiro atoms. The van der Waals surface area contributed by atoms with E-state index in [0.29, 0.717) is 12.2 Å². The summed E-state index contributed by atoms with van der Waals surface area (Å²) in [5, 5.41) is 0. The molecule has 3 rings (SSSR count). The van der Waals surface area contributed by atoms with Gasteiger partial charge >= 0.3 is 0 Å². The first-order valence-corrected chi connectivity index (χ1v) is 6.71. The Hall–Kier alpha value is -0.500. The predicted octanol–water partition coefficient (Wildman–Crippen LogP) is 3.42. The van der Waals surface area contributed by atoms with Crippen LogP contribution in [0.1, 0.15) is 51.9 Å². The first-order chi connectivity index (χ1) is 7.76. The van der Waals surface area contributed by atoms with E-state index in [1.54, 1.807) is 0 Å². The Labute approximate surface area is 98.0 Å². The Kier molecular flexibility index (Phi) is 2.70. The van der Waals surface area contributed by atoms with Gasteiger partial charge in [-0.1, -0.05) is 6.92 Å². The minimum Gasteiger partial charge on any atom is -0.501 e. The largest absolute Gasteiger partial charge is 0.501 e. The second kappa shape index (κ2) is 4.06. The maximum absolute atomic E-state index is 5.91. The maximum Gasteiger partial charge on any atom is 0.0952 e. The number of hydrogen-bond acceptors (Lipinski definition) is 2. The van der Waals surface area contributed by atoms with E-state index in [9.17, 15) is 0 Å². The number of hydrogen-bond donors (Lipinski definition) is 0. The van der Waals surface area contributed by atoms with Crippen molar-refractivity contribution < 1.29 is 9.47 Å². The normalized spacial score (nSPS) is 41.7. The van der Waals surface area contributed by atoms with Crippen LogP contribution < -0.4 is 0 Å². The molecule has 0 aromatic heterocycles. The zero-order chi connectivity index (χ0) is 11.0. The van der Waals surface area contributed by atoms with Gasteiger partial charge in [-0.25, -0.2) is 0 Å². The second-order valence-electron chi connectivity index (χ2n) is 5.98. The highest BCUT2D eigenvalue weighted by Crippen LogP contribution is 2.47. The lowest BCUT2D eigenvalue weighted by Crippen LogP contribution is -2.33. The molecule has 0 amide bonds. The number of allylic oxidation sites excluding steroid dienone is 1. The Balaban J connectivity index is 1.53. The van der Waals surface area contributed by atoms with Crippen molar-refractivity contribution in [1.82, 2.24) is 0 Å². The molecule has 3 fully saturated rings. The molecule has 3 unspecified atom stereocenters. The molecule has 1 aliphatic carbocycles. The molecule has 90 valence electrons. The summed E-state index contributed by atoms with van der Waals surface area (Å²) in [6, 6.07) is 0. The average Bonchev–Trinajstić information content (AvgIpc) is 2.92. The molecule has 0 radical (unpaired) electrons. The fourth-order valence-electron chi connectivity index (χ4n) is 3.47. The van der Waals surface area contributed by atoms with Crippen LogP contribution in [0.2, 0.25) is 0 Å². The molecule has 2 bridgehead atoms. The van der Waals surface area contributed by atoms with E-state index in [0.717, 1.165) is 6.61 Å². The fourth-order valence-corrected chi connectivity index (χ4v) is 3.47. The Morgan fingerprint density at radius 1 is 1.38 bits per heavy atom. The second-order valence-corrected chi connectivity index (χ2v) is 5.98. The quantitative estimate of drug-likeness (QED) is 0.681. The van der Waals surface area contributed by atoms with Crippen molar-refractivity contribution in [3.63, 3.8) is 0 Å². The zero-order valence-corrected chi connectivity index (χ0v) is 10.2. The Morgan fingerprint density at radius 3 is 2.81 bits per heavy atom. The van der Waals surface area contributed by atoms with Crippen LogP contribution in [0.5, 0.6) is 0 Å². The van der Waals surface area contributed by atoms with Gasteiger partial charge in [0.15, 0.2) is 0 Å². The summed E-state index contributed by atoms with van der Waals surface area (Å²) in [6.45, 7) is 3.17. The van der Waals surface area contributed by atoms with E-state index in [-0.39, 0.29) is 5.41 Å². The molecule has 0 aromatic carbocycles. The van der Waals surface area contributed by atoms with Gasteiger partial charge in [-0.05, 0) is 50.5 Å². The van der Waals surface area contributed by atoms with Gasteiger partial charge in [0.25, 0.3) is 0 Å². The SMILES string of the molecule is CC1(COC=C2CCCC2)CC2CCC1O2. The van der Waals surface area contributed by atoms with Gasteiger partial charge in [0.2, 0.25) is 0 Å². The molecular formula is C14H22O2. The minimum atomic E-state index is 0.276. The van der Waals surface area contributed by atoms with Crippen molar-refractivity contribution in [2.45, 2.75) is 64.1 Å². The Bertz CT molecular complexity index is 289. The van der Waals surface area contributed by atoms with Crippen molar-refractivity contribution in [1.29, 1.82) is 0 Å². The van der Waals surface area contributed by atoms with Crippen LogP contribution in [0.15, 0.2) is 11.8 Å². The maximum atomic E-state index is 5.91. The molecule has 2 aliphatic heterocycles. The van der Waals surface area contributed by atoms with E-state index < -0.39 is 0 Å². The fraction of sp³-hybridized carbons (Fsp3) is 0.857. The summed E-state index contributed by atoms with van der Waals surface area (Å²) in [5.41, 5.74) is 1.78. The summed E-state index contributed by atoms with van der Waals surface area (Å²) < 4.78 is 11.7. The standard InChI is InChI=1S/C14H22O2/c1-14(8-12-6-7-13(14)16-12)10-15-9-11-4-2-3-5-11/h9,12-13H,2-8,10H2,1H3. The minimum absolute atomic E-state index is 0.276. The Morgan fingerprint density at radius 2 is 2.19 bits per heavy atom. The third-order valence-electron chi connectivity index (χ3n) is 4.49. The summed E-state index contributed by atoms with van der Waals surface area (Å²) >= 11 is 0. The molecule has 1 saturated carbocycles. The summed E-state index contributed by atoms with van der Waals surface area (Å²) in [4.78, 5) is 0. The number of fused-ring (bicyclic) bond motifs is 2. The molecule has 2 heterocycles. The van der Waals surface area contributed by atoms with Gasteiger partial charge in [0.05, 0.1) is 25.1 Å². The van der Waals surface area contributed by atoms with Crippen molar-refractivity contribution in [3.8, 4) is 0 Å². The molecule has 2 heteroatoms. The topological polar surface area (TPSA) is 18.5 Å². The van der Waals surface area contributed by atoms with Crippen molar-refractivity contribution in [2.24, 2.45) is 5.41 Å². The third-order valence-corrected chi connectivity index (χ3v) is 4.49. The van der Waals surface area contributed by atoms with Crippen LogP contribution in [0.3, 0.4) is 0 Å². The van der Waals surface area contributed by atoms with Crippen molar-refractivity contribution >= 4 is 0 Å². The predicted molar refractivity (Wildman–Crippen MR) is 63.1 cm³/mol. The molecule has 0 aromatic rings. The van der Waals surface area contributed by atoms with Gasteiger partial charge in [-0.15, -0.1) is 0 Å². The molecule has 16 heavy (non-hydrogen) atoms. The van der Waals surface area contributed by atoms with Crippen LogP contribution >= 0.6 is 0 Å². The lowest BCUT2D eigenvalue weighted by Gasteiger charge is -2.30. The van der Waals surface area contributed by atoms with Crippen LogP contribution in [-0.4, -0.2) is 18.8 Å². The molecule has 2 saturated heterocycles. The molecule has 3 aliphatic rings. The van der Waals surface area contributed by atoms with Gasteiger partial charge in [-0.3, -0.25) is 0 Å². The third kappa shape index (κ3) is 1.88. The summed E-state index contributed by atoms with van der Waals surface area (Å²) in [6.07, 6.45) is 11.9. The highest BCUT2D eigenvalue weighted by Gasteiger charge is 2.49. The number of ether oxygens (including phenoxy) is 2. The van der Waals surface area contributed by atoms with E-state index in [4.69, 9.17) is 9.47 Å². The monoisotopic (exact) mass is 222 g/mol.